The second kappa shape index (κ2) is 9.47. The van der Waals surface area contributed by atoms with Crippen molar-refractivity contribution in [3.05, 3.63) is 59.7 Å². The average molecular weight is 378 g/mol. The van der Waals surface area contributed by atoms with E-state index in [1.807, 2.05) is 30.3 Å². The minimum Gasteiger partial charge on any atom is -0.493 e. The van der Waals surface area contributed by atoms with Crippen LogP contribution in [0, 0.1) is 11.3 Å². The number of nitrogens with zero attached hydrogens (tertiary/aromatic N) is 1. The molecule has 0 radical (unpaired) electrons. The number of hydrogen-bond donors (Lipinski definition) is 1. The van der Waals surface area contributed by atoms with Crippen molar-refractivity contribution in [2.24, 2.45) is 0 Å². The van der Waals surface area contributed by atoms with Crippen LogP contribution in [-0.4, -0.2) is 32.3 Å². The maximum atomic E-state index is 12.0. The number of benzene rings is 2. The maximum Gasteiger partial charge on any atom is 0.262 e. The van der Waals surface area contributed by atoms with E-state index < -0.39 is 0 Å². The van der Waals surface area contributed by atoms with Gasteiger partial charge in [-0.2, -0.15) is 5.26 Å². The first-order valence-corrected chi connectivity index (χ1v) is 9.11. The van der Waals surface area contributed by atoms with Gasteiger partial charge >= 0.3 is 0 Å². The molecule has 3 rings (SSSR count). The number of carbonyl (C=O) groups excluding carboxylic acids is 1. The molecule has 1 N–H and O–H groups in total. The fraction of sp³-hybridized carbons (Fsp3) is 0.273. The van der Waals surface area contributed by atoms with Crippen LogP contribution in [0.1, 0.15) is 18.4 Å². The molecule has 28 heavy (non-hydrogen) atoms. The van der Waals surface area contributed by atoms with E-state index in [1.54, 1.807) is 37.5 Å². The number of para-hydroxylation sites is 2. The Hall–Kier alpha value is -3.46. The summed E-state index contributed by atoms with van der Waals surface area (Å²) < 4.78 is 16.6. The van der Waals surface area contributed by atoms with E-state index in [1.165, 1.54) is 0 Å². The Morgan fingerprint density at radius 2 is 1.79 bits per heavy atom. The lowest BCUT2D eigenvalue weighted by molar-refractivity contribution is -0.117. The van der Waals surface area contributed by atoms with Crippen molar-refractivity contribution >= 4 is 12.0 Å². The van der Waals surface area contributed by atoms with Gasteiger partial charge in [-0.25, -0.2) is 0 Å². The molecule has 2 aromatic carbocycles. The molecule has 144 valence electrons. The molecule has 1 aliphatic carbocycles. The first-order valence-electron chi connectivity index (χ1n) is 9.11. The summed E-state index contributed by atoms with van der Waals surface area (Å²) in [5.74, 6) is 1.71. The van der Waals surface area contributed by atoms with Gasteiger partial charge in [0.05, 0.1) is 7.11 Å². The van der Waals surface area contributed by atoms with Crippen LogP contribution >= 0.6 is 0 Å². The molecule has 0 unspecified atom stereocenters. The number of carbonyl (C=O) groups is 1. The number of methoxy groups -OCH3 is 1. The number of ether oxygens (including phenoxy) is 3. The molecule has 1 amide bonds. The average Bonchev–Trinajstić information content (AvgIpc) is 3.54. The van der Waals surface area contributed by atoms with Gasteiger partial charge in [-0.05, 0) is 48.7 Å². The maximum absolute atomic E-state index is 12.0. The molecule has 6 nitrogen and oxygen atoms in total. The van der Waals surface area contributed by atoms with Crippen molar-refractivity contribution in [3.63, 3.8) is 0 Å². The van der Waals surface area contributed by atoms with Gasteiger partial charge in [0, 0.05) is 6.04 Å². The zero-order chi connectivity index (χ0) is 19.8. The topological polar surface area (TPSA) is 80.6 Å². The van der Waals surface area contributed by atoms with Gasteiger partial charge in [-0.3, -0.25) is 4.79 Å². The summed E-state index contributed by atoms with van der Waals surface area (Å²) in [5, 5.41) is 12.0. The third-order valence-electron chi connectivity index (χ3n) is 4.15. The van der Waals surface area contributed by atoms with Gasteiger partial charge in [0.2, 0.25) is 0 Å². The Kier molecular flexibility index (Phi) is 6.53. The minimum atomic E-state index is -0.321. The summed E-state index contributed by atoms with van der Waals surface area (Å²) in [5.41, 5.74) is 0.867. The third kappa shape index (κ3) is 5.52. The van der Waals surface area contributed by atoms with E-state index in [0.717, 1.165) is 18.4 Å². The van der Waals surface area contributed by atoms with Crippen LogP contribution < -0.4 is 19.5 Å². The molecular weight excluding hydrogens is 356 g/mol. The highest BCUT2D eigenvalue weighted by molar-refractivity contribution is 6.01. The van der Waals surface area contributed by atoms with Gasteiger partial charge < -0.3 is 19.5 Å². The number of nitriles is 1. The van der Waals surface area contributed by atoms with Gasteiger partial charge in [-0.15, -0.1) is 0 Å². The molecule has 0 aromatic heterocycles. The SMILES string of the molecule is COc1ccccc1OCCOc1ccc(/C=C(\C#N)C(=O)NC2CC2)cc1. The molecule has 0 atom stereocenters. The molecular formula is C22H22N2O4. The van der Waals surface area contributed by atoms with E-state index in [4.69, 9.17) is 14.2 Å². The summed E-state index contributed by atoms with van der Waals surface area (Å²) in [6, 6.07) is 16.8. The molecule has 0 spiro atoms. The zero-order valence-electron chi connectivity index (χ0n) is 15.7. The van der Waals surface area contributed by atoms with Crippen LogP contribution in [0.4, 0.5) is 0 Å². The number of hydrogen-bond acceptors (Lipinski definition) is 5. The highest BCUT2D eigenvalue weighted by Crippen LogP contribution is 2.25. The Bertz CT molecular complexity index is 880. The van der Waals surface area contributed by atoms with E-state index in [-0.39, 0.29) is 17.5 Å². The molecule has 2 aromatic rings. The molecule has 0 saturated heterocycles. The normalized spacial score (nSPS) is 13.4. The summed E-state index contributed by atoms with van der Waals surface area (Å²) in [4.78, 5) is 12.0. The highest BCUT2D eigenvalue weighted by Gasteiger charge is 2.24. The number of rotatable bonds is 9. The molecule has 1 saturated carbocycles. The van der Waals surface area contributed by atoms with Crippen molar-refractivity contribution < 1.29 is 19.0 Å². The highest BCUT2D eigenvalue weighted by atomic mass is 16.5. The molecule has 1 fully saturated rings. The molecule has 6 heteroatoms. The predicted molar refractivity (Wildman–Crippen MR) is 105 cm³/mol. The van der Waals surface area contributed by atoms with Crippen molar-refractivity contribution in [2.45, 2.75) is 18.9 Å². The van der Waals surface area contributed by atoms with E-state index in [9.17, 15) is 10.1 Å². The van der Waals surface area contributed by atoms with Gasteiger partial charge in [-0.1, -0.05) is 24.3 Å². The fourth-order valence-corrected chi connectivity index (χ4v) is 2.52. The lowest BCUT2D eigenvalue weighted by Gasteiger charge is -2.11. The van der Waals surface area contributed by atoms with E-state index >= 15 is 0 Å². The van der Waals surface area contributed by atoms with Crippen LogP contribution in [0.5, 0.6) is 17.2 Å². The van der Waals surface area contributed by atoms with E-state index in [2.05, 4.69) is 5.32 Å². The van der Waals surface area contributed by atoms with E-state index in [0.29, 0.717) is 30.5 Å². The Balaban J connectivity index is 1.49. The van der Waals surface area contributed by atoms with Gasteiger partial charge in [0.25, 0.3) is 5.91 Å². The van der Waals surface area contributed by atoms with Gasteiger partial charge in [0.1, 0.15) is 30.6 Å². The molecule has 0 heterocycles. The van der Waals surface area contributed by atoms with Crippen molar-refractivity contribution in [1.82, 2.24) is 5.32 Å². The van der Waals surface area contributed by atoms with Crippen LogP contribution in [0.15, 0.2) is 54.1 Å². The Labute approximate surface area is 164 Å². The largest absolute Gasteiger partial charge is 0.493 e. The second-order valence-corrected chi connectivity index (χ2v) is 6.33. The number of amides is 1. The van der Waals surface area contributed by atoms with Crippen LogP contribution in [0.2, 0.25) is 0 Å². The van der Waals surface area contributed by atoms with Crippen LogP contribution in [0.3, 0.4) is 0 Å². The first kappa shape index (κ1) is 19.3. The third-order valence-corrected chi connectivity index (χ3v) is 4.15. The summed E-state index contributed by atoms with van der Waals surface area (Å²) >= 11 is 0. The van der Waals surface area contributed by atoms with Crippen LogP contribution in [-0.2, 0) is 4.79 Å². The first-order chi connectivity index (χ1) is 13.7. The summed E-state index contributed by atoms with van der Waals surface area (Å²) in [7, 11) is 1.60. The monoisotopic (exact) mass is 378 g/mol. The van der Waals surface area contributed by atoms with Crippen molar-refractivity contribution in [2.75, 3.05) is 20.3 Å². The molecule has 1 aliphatic rings. The van der Waals surface area contributed by atoms with Crippen LogP contribution in [0.25, 0.3) is 6.08 Å². The molecule has 0 aliphatic heterocycles. The standard InChI is InChI=1S/C22H22N2O4/c1-26-20-4-2-3-5-21(20)28-13-12-27-19-10-6-16(7-11-19)14-17(15-23)22(25)24-18-8-9-18/h2-7,10-11,14,18H,8-9,12-13H2,1H3,(H,24,25)/b17-14+. The number of nitrogens with one attached hydrogen (secondary N) is 1. The Morgan fingerprint density at radius 3 is 2.43 bits per heavy atom. The summed E-state index contributed by atoms with van der Waals surface area (Å²) in [6.45, 7) is 0.752. The second-order valence-electron chi connectivity index (χ2n) is 6.33. The Morgan fingerprint density at radius 1 is 1.11 bits per heavy atom. The zero-order valence-corrected chi connectivity index (χ0v) is 15.7. The quantitative estimate of drug-likeness (QED) is 0.411. The van der Waals surface area contributed by atoms with Crippen molar-refractivity contribution in [1.29, 1.82) is 5.26 Å². The summed E-state index contributed by atoms with van der Waals surface area (Å²) in [6.07, 6.45) is 3.54. The smallest absolute Gasteiger partial charge is 0.262 e. The lowest BCUT2D eigenvalue weighted by Crippen LogP contribution is -2.26. The fourth-order valence-electron chi connectivity index (χ4n) is 2.52. The minimum absolute atomic E-state index is 0.103. The lowest BCUT2D eigenvalue weighted by atomic mass is 10.1. The predicted octanol–water partition coefficient (Wildman–Crippen LogP) is 3.34. The molecule has 0 bridgehead atoms. The van der Waals surface area contributed by atoms with Gasteiger partial charge in [0.15, 0.2) is 11.5 Å². The van der Waals surface area contributed by atoms with Crippen molar-refractivity contribution in [3.8, 4) is 23.3 Å².